The number of amides is 1. The average molecular weight is 285 g/mol. The molecule has 2 N–H and O–H groups in total. The molecule has 1 rings (SSSR count). The topological polar surface area (TPSA) is 64.9 Å². The van der Waals surface area contributed by atoms with Gasteiger partial charge in [0, 0.05) is 18.4 Å². The number of hydrogen-bond donors (Lipinski definition) is 2. The number of hydrogen-bond acceptors (Lipinski definition) is 3. The van der Waals surface area contributed by atoms with Crippen molar-refractivity contribution in [1.82, 2.24) is 5.32 Å². The fraction of sp³-hybridized carbons (Fsp3) is 0.412. The van der Waals surface area contributed by atoms with Gasteiger partial charge in [-0.05, 0) is 30.4 Å². The fourth-order valence-electron chi connectivity index (χ4n) is 1.91. The largest absolute Gasteiger partial charge is 0.360 e. The van der Waals surface area contributed by atoms with Crippen LogP contribution in [0.2, 0.25) is 0 Å². The lowest BCUT2D eigenvalue weighted by Crippen LogP contribution is -2.25. The van der Waals surface area contributed by atoms with Crippen LogP contribution in [0.5, 0.6) is 0 Å². The Balaban J connectivity index is 2.88. The van der Waals surface area contributed by atoms with Crippen molar-refractivity contribution in [2.75, 3.05) is 11.9 Å². The van der Waals surface area contributed by atoms with E-state index < -0.39 is 0 Å². The summed E-state index contributed by atoms with van der Waals surface area (Å²) in [4.78, 5) is 11.8. The maximum absolute atomic E-state index is 11.8. The van der Waals surface area contributed by atoms with Crippen molar-refractivity contribution in [3.8, 4) is 6.07 Å². The summed E-state index contributed by atoms with van der Waals surface area (Å²) in [7, 11) is 0. The number of anilines is 1. The molecule has 0 aliphatic rings. The van der Waals surface area contributed by atoms with Crippen LogP contribution in [0.4, 0.5) is 5.69 Å². The van der Waals surface area contributed by atoms with Crippen LogP contribution < -0.4 is 10.6 Å². The molecule has 4 heteroatoms. The molecule has 0 spiro atoms. The lowest BCUT2D eigenvalue weighted by molar-refractivity contribution is -0.117. The zero-order valence-corrected chi connectivity index (χ0v) is 12.9. The molecule has 1 aromatic carbocycles. The first-order valence-corrected chi connectivity index (χ1v) is 7.37. The number of nitriles is 1. The molecule has 0 heterocycles. The van der Waals surface area contributed by atoms with Crippen LogP contribution in [-0.4, -0.2) is 12.5 Å². The number of carbonyl (C=O) groups is 1. The third-order valence-corrected chi connectivity index (χ3v) is 3.38. The van der Waals surface area contributed by atoms with Crippen molar-refractivity contribution in [3.05, 3.63) is 41.6 Å². The standard InChI is InChI=1S/C17H23N3O/c1-4-10-19-17(21)14(11-18)12-20-16-9-7-6-8-15(16)13(3)5-2/h6-9,12-13,20H,4-5,10H2,1-3H3,(H,19,21)/b14-12-. The van der Waals surface area contributed by atoms with Crippen LogP contribution in [0.3, 0.4) is 0 Å². The van der Waals surface area contributed by atoms with E-state index in [0.29, 0.717) is 12.5 Å². The molecule has 1 aromatic rings. The monoisotopic (exact) mass is 285 g/mol. The minimum atomic E-state index is -0.340. The van der Waals surface area contributed by atoms with Crippen LogP contribution >= 0.6 is 0 Å². The normalized spacial score (nSPS) is 12.4. The van der Waals surface area contributed by atoms with Gasteiger partial charge in [0.15, 0.2) is 0 Å². The predicted octanol–water partition coefficient (Wildman–Crippen LogP) is 3.55. The second-order valence-electron chi connectivity index (χ2n) is 4.97. The molecule has 1 amide bonds. The van der Waals surface area contributed by atoms with Gasteiger partial charge in [-0.1, -0.05) is 39.0 Å². The Morgan fingerprint density at radius 1 is 1.38 bits per heavy atom. The van der Waals surface area contributed by atoms with Crippen LogP contribution in [0.25, 0.3) is 0 Å². The van der Waals surface area contributed by atoms with Gasteiger partial charge < -0.3 is 10.6 Å². The Bertz CT molecular complexity index is 543. The fourth-order valence-corrected chi connectivity index (χ4v) is 1.91. The molecule has 0 aliphatic heterocycles. The van der Waals surface area contributed by atoms with E-state index in [2.05, 4.69) is 30.5 Å². The summed E-state index contributed by atoms with van der Waals surface area (Å²) in [6.45, 7) is 6.83. The summed E-state index contributed by atoms with van der Waals surface area (Å²) < 4.78 is 0. The van der Waals surface area contributed by atoms with Gasteiger partial charge in [-0.3, -0.25) is 4.79 Å². The summed E-state index contributed by atoms with van der Waals surface area (Å²) in [6, 6.07) is 9.88. The van der Waals surface area contributed by atoms with Gasteiger partial charge in [-0.15, -0.1) is 0 Å². The summed E-state index contributed by atoms with van der Waals surface area (Å²) in [6.07, 6.45) is 3.35. The van der Waals surface area contributed by atoms with Crippen molar-refractivity contribution in [2.45, 2.75) is 39.5 Å². The van der Waals surface area contributed by atoms with Crippen LogP contribution in [-0.2, 0) is 4.79 Å². The third-order valence-electron chi connectivity index (χ3n) is 3.38. The highest BCUT2D eigenvalue weighted by Gasteiger charge is 2.10. The summed E-state index contributed by atoms with van der Waals surface area (Å²) in [5, 5.41) is 14.9. The van der Waals surface area contributed by atoms with Gasteiger partial charge in [0.2, 0.25) is 0 Å². The highest BCUT2D eigenvalue weighted by atomic mass is 16.1. The lowest BCUT2D eigenvalue weighted by Gasteiger charge is -2.14. The van der Waals surface area contributed by atoms with Crippen LogP contribution in [0.15, 0.2) is 36.0 Å². The van der Waals surface area contributed by atoms with E-state index in [-0.39, 0.29) is 11.5 Å². The number of carbonyl (C=O) groups excluding carboxylic acids is 1. The van der Waals surface area contributed by atoms with Crippen molar-refractivity contribution in [2.24, 2.45) is 0 Å². The van der Waals surface area contributed by atoms with E-state index in [9.17, 15) is 4.79 Å². The molecule has 0 saturated heterocycles. The molecule has 4 nitrogen and oxygen atoms in total. The number of rotatable bonds is 7. The zero-order valence-electron chi connectivity index (χ0n) is 12.9. The van der Waals surface area contributed by atoms with Gasteiger partial charge in [0.05, 0.1) is 0 Å². The van der Waals surface area contributed by atoms with Crippen molar-refractivity contribution in [1.29, 1.82) is 5.26 Å². The van der Waals surface area contributed by atoms with E-state index in [0.717, 1.165) is 18.5 Å². The molecule has 21 heavy (non-hydrogen) atoms. The minimum absolute atomic E-state index is 0.0856. The molecule has 0 aromatic heterocycles. The maximum atomic E-state index is 11.8. The second-order valence-corrected chi connectivity index (χ2v) is 4.97. The maximum Gasteiger partial charge on any atom is 0.263 e. The number of nitrogens with zero attached hydrogens (tertiary/aromatic N) is 1. The van der Waals surface area contributed by atoms with Gasteiger partial charge in [0.1, 0.15) is 11.6 Å². The van der Waals surface area contributed by atoms with Gasteiger partial charge in [-0.25, -0.2) is 0 Å². The van der Waals surface area contributed by atoms with Gasteiger partial charge in [-0.2, -0.15) is 5.26 Å². The molecule has 0 fully saturated rings. The molecule has 0 aliphatic carbocycles. The lowest BCUT2D eigenvalue weighted by atomic mass is 9.97. The molecule has 0 bridgehead atoms. The number of benzene rings is 1. The molecular formula is C17H23N3O. The van der Waals surface area contributed by atoms with Gasteiger partial charge >= 0.3 is 0 Å². The minimum Gasteiger partial charge on any atom is -0.360 e. The smallest absolute Gasteiger partial charge is 0.263 e. The van der Waals surface area contributed by atoms with Crippen molar-refractivity contribution < 1.29 is 4.79 Å². The number of para-hydroxylation sites is 1. The van der Waals surface area contributed by atoms with Gasteiger partial charge in [0.25, 0.3) is 5.91 Å². The number of nitrogens with one attached hydrogen (secondary N) is 2. The first-order valence-electron chi connectivity index (χ1n) is 7.37. The summed E-state index contributed by atoms with van der Waals surface area (Å²) in [5.41, 5.74) is 2.20. The molecule has 1 atom stereocenters. The van der Waals surface area contributed by atoms with Crippen LogP contribution in [0, 0.1) is 11.3 Å². The van der Waals surface area contributed by atoms with E-state index >= 15 is 0 Å². The average Bonchev–Trinajstić information content (AvgIpc) is 2.53. The first-order chi connectivity index (χ1) is 10.1. The van der Waals surface area contributed by atoms with E-state index in [1.165, 1.54) is 11.8 Å². The Hall–Kier alpha value is -2.28. The van der Waals surface area contributed by atoms with E-state index in [4.69, 9.17) is 5.26 Å². The SMILES string of the molecule is CCCNC(=O)/C(C#N)=C\Nc1ccccc1C(C)CC. The predicted molar refractivity (Wildman–Crippen MR) is 85.8 cm³/mol. The molecule has 112 valence electrons. The quantitative estimate of drug-likeness (QED) is 0.595. The zero-order chi connectivity index (χ0) is 15.7. The Morgan fingerprint density at radius 3 is 2.71 bits per heavy atom. The first kappa shape index (κ1) is 16.8. The Labute approximate surface area is 126 Å². The van der Waals surface area contributed by atoms with Crippen LogP contribution in [0.1, 0.15) is 45.1 Å². The molecule has 1 unspecified atom stereocenters. The van der Waals surface area contributed by atoms with Crippen molar-refractivity contribution in [3.63, 3.8) is 0 Å². The summed E-state index contributed by atoms with van der Waals surface area (Å²) >= 11 is 0. The van der Waals surface area contributed by atoms with E-state index in [1.807, 2.05) is 31.2 Å². The second kappa shape index (κ2) is 8.80. The third kappa shape index (κ3) is 4.96. The van der Waals surface area contributed by atoms with E-state index in [1.54, 1.807) is 0 Å². The molecule has 0 saturated carbocycles. The van der Waals surface area contributed by atoms with Crippen molar-refractivity contribution >= 4 is 11.6 Å². The molecular weight excluding hydrogens is 262 g/mol. The molecule has 0 radical (unpaired) electrons. The highest BCUT2D eigenvalue weighted by Crippen LogP contribution is 2.26. The summed E-state index contributed by atoms with van der Waals surface area (Å²) in [5.74, 6) is 0.0782. The Kier molecular flexibility index (Phi) is 7.03. The Morgan fingerprint density at radius 2 is 2.10 bits per heavy atom. The highest BCUT2D eigenvalue weighted by molar-refractivity contribution is 5.97.